The first-order chi connectivity index (χ1) is 20.5. The van der Waals surface area contributed by atoms with E-state index in [0.29, 0.717) is 5.75 Å². The number of nitrogens with one attached hydrogen (secondary N) is 1. The summed E-state index contributed by atoms with van der Waals surface area (Å²) < 4.78 is 5.20. The molecule has 0 unspecified atom stereocenters. The topological polar surface area (TPSA) is 88.1 Å². The highest BCUT2D eigenvalue weighted by atomic mass is 16.5. The van der Waals surface area contributed by atoms with Crippen LogP contribution in [0.3, 0.4) is 0 Å². The van der Waals surface area contributed by atoms with E-state index < -0.39 is 17.3 Å². The lowest BCUT2D eigenvalue weighted by Gasteiger charge is -2.52. The van der Waals surface area contributed by atoms with Crippen molar-refractivity contribution in [3.8, 4) is 5.75 Å². The van der Waals surface area contributed by atoms with Crippen LogP contribution in [-0.4, -0.2) is 35.9 Å². The summed E-state index contributed by atoms with van der Waals surface area (Å²) in [5.41, 5.74) is 7.34. The number of hydrogen-bond donors (Lipinski definition) is 1. The third-order valence-electron chi connectivity index (χ3n) is 8.94. The Bertz CT molecular complexity index is 1680. The molecular weight excluding hydrogens is 526 g/mol. The van der Waals surface area contributed by atoms with Gasteiger partial charge in [0.15, 0.2) is 0 Å². The molecule has 1 fully saturated rings. The van der Waals surface area contributed by atoms with Crippen LogP contribution in [0.25, 0.3) is 0 Å². The summed E-state index contributed by atoms with van der Waals surface area (Å²) in [6, 6.07) is 32.9. The van der Waals surface area contributed by atoms with Crippen LogP contribution in [0.2, 0.25) is 0 Å². The highest BCUT2D eigenvalue weighted by Gasteiger charge is 2.67. The summed E-state index contributed by atoms with van der Waals surface area (Å²) in [5.74, 6) is -1.41. The van der Waals surface area contributed by atoms with Crippen molar-refractivity contribution in [1.29, 1.82) is 0 Å². The van der Waals surface area contributed by atoms with Gasteiger partial charge < -0.3 is 4.74 Å². The average Bonchev–Trinajstić information content (AvgIpc) is 3.28. The minimum absolute atomic E-state index is 0.137. The van der Waals surface area contributed by atoms with Crippen LogP contribution in [0.4, 0.5) is 0 Å². The molecule has 0 spiro atoms. The normalized spacial score (nSPS) is 23.5. The lowest BCUT2D eigenvalue weighted by molar-refractivity contribution is -0.140. The minimum Gasteiger partial charge on any atom is -0.497 e. The van der Waals surface area contributed by atoms with Crippen LogP contribution in [0.15, 0.2) is 108 Å². The number of imide groups is 1. The maximum absolute atomic E-state index is 14.3. The molecule has 4 aromatic carbocycles. The molecule has 4 aliphatic rings. The van der Waals surface area contributed by atoms with E-state index in [1.807, 2.05) is 91.0 Å². The average molecular weight is 556 g/mol. The smallest absolute Gasteiger partial charge is 0.244 e. The van der Waals surface area contributed by atoms with Gasteiger partial charge >= 0.3 is 0 Å². The second-order valence-electron chi connectivity index (χ2n) is 11.1. The van der Waals surface area contributed by atoms with E-state index in [0.717, 1.165) is 33.4 Å². The Morgan fingerprint density at radius 2 is 1.45 bits per heavy atom. The Balaban J connectivity index is 1.29. The first kappa shape index (κ1) is 25.9. The van der Waals surface area contributed by atoms with Crippen LogP contribution >= 0.6 is 0 Å². The van der Waals surface area contributed by atoms with E-state index in [-0.39, 0.29) is 36.6 Å². The maximum Gasteiger partial charge on any atom is 0.244 e. The van der Waals surface area contributed by atoms with Crippen LogP contribution in [0.1, 0.15) is 39.3 Å². The Morgan fingerprint density at radius 3 is 2.10 bits per heavy atom. The first-order valence-corrected chi connectivity index (χ1v) is 14.1. The SMILES string of the molecule is COc1ccc(CC(=O)N/N=C\C23c4ccccc4C(c4ccccc42)[C@@H]2C(=O)N(Cc4ccccc4)C(=O)[C@@H]23)cc1. The molecule has 3 aliphatic carbocycles. The number of nitrogens with zero attached hydrogens (tertiary/aromatic N) is 2. The van der Waals surface area contributed by atoms with Crippen molar-refractivity contribution in [1.82, 2.24) is 10.3 Å². The first-order valence-electron chi connectivity index (χ1n) is 14.1. The van der Waals surface area contributed by atoms with Crippen molar-refractivity contribution >= 4 is 23.9 Å². The molecule has 4 aromatic rings. The standard InChI is InChI=1S/C35H29N3O4/c1-42-24-17-15-22(16-18-24)19-29(39)37-36-21-35-27-13-7-5-11-25(27)30(26-12-6-8-14-28(26)35)31-32(35)34(41)38(33(31)40)20-23-9-3-2-4-10-23/h2-18,21,30-32H,19-20H2,1H3,(H,37,39)/b36-21-/t30?,31-,32+,35?/m0/s1. The van der Waals surface area contributed by atoms with Gasteiger partial charge in [0.25, 0.3) is 0 Å². The van der Waals surface area contributed by atoms with Gasteiger partial charge in [-0.05, 0) is 45.5 Å². The van der Waals surface area contributed by atoms with Gasteiger partial charge in [0.05, 0.1) is 37.3 Å². The van der Waals surface area contributed by atoms with Gasteiger partial charge in [-0.25, -0.2) is 5.43 Å². The molecule has 208 valence electrons. The molecular formula is C35H29N3O4. The van der Waals surface area contributed by atoms with Crippen molar-refractivity contribution < 1.29 is 19.1 Å². The molecule has 0 aromatic heterocycles. The molecule has 3 amide bonds. The molecule has 0 radical (unpaired) electrons. The summed E-state index contributed by atoms with van der Waals surface area (Å²) in [7, 11) is 1.60. The van der Waals surface area contributed by atoms with Gasteiger partial charge in [-0.15, -0.1) is 0 Å². The molecule has 42 heavy (non-hydrogen) atoms. The summed E-state index contributed by atoms with van der Waals surface area (Å²) in [6.45, 7) is 0.219. The largest absolute Gasteiger partial charge is 0.497 e. The van der Waals surface area contributed by atoms with Crippen molar-refractivity contribution in [2.75, 3.05) is 7.11 Å². The Hall–Kier alpha value is -5.04. The molecule has 2 bridgehead atoms. The third kappa shape index (κ3) is 3.88. The van der Waals surface area contributed by atoms with Crippen LogP contribution < -0.4 is 10.2 Å². The number of carbonyl (C=O) groups excluding carboxylic acids is 3. The zero-order valence-corrected chi connectivity index (χ0v) is 23.1. The third-order valence-corrected chi connectivity index (χ3v) is 8.94. The lowest BCUT2D eigenvalue weighted by atomic mass is 9.47. The number of hydrazone groups is 1. The van der Waals surface area contributed by atoms with Crippen LogP contribution in [0, 0.1) is 11.8 Å². The van der Waals surface area contributed by atoms with Gasteiger partial charge in [-0.2, -0.15) is 5.10 Å². The molecule has 7 heteroatoms. The summed E-state index contributed by atoms with van der Waals surface area (Å²) in [5, 5.41) is 4.49. The van der Waals surface area contributed by atoms with Crippen molar-refractivity contribution in [2.24, 2.45) is 16.9 Å². The van der Waals surface area contributed by atoms with E-state index in [9.17, 15) is 14.4 Å². The van der Waals surface area contributed by atoms with E-state index >= 15 is 0 Å². The van der Waals surface area contributed by atoms with Crippen molar-refractivity contribution in [3.05, 3.63) is 137 Å². The zero-order chi connectivity index (χ0) is 28.8. The monoisotopic (exact) mass is 555 g/mol. The number of amides is 3. The summed E-state index contributed by atoms with van der Waals surface area (Å²) >= 11 is 0. The fourth-order valence-corrected chi connectivity index (χ4v) is 7.21. The van der Waals surface area contributed by atoms with Crippen molar-refractivity contribution in [2.45, 2.75) is 24.3 Å². The van der Waals surface area contributed by atoms with Gasteiger partial charge in [0.1, 0.15) is 5.75 Å². The molecule has 8 rings (SSSR count). The van der Waals surface area contributed by atoms with E-state index in [4.69, 9.17) is 4.74 Å². The molecule has 2 atom stereocenters. The van der Waals surface area contributed by atoms with E-state index in [1.54, 1.807) is 13.3 Å². The minimum atomic E-state index is -1.02. The van der Waals surface area contributed by atoms with Crippen LogP contribution in [-0.2, 0) is 32.8 Å². The van der Waals surface area contributed by atoms with Gasteiger partial charge in [0.2, 0.25) is 17.7 Å². The second-order valence-corrected chi connectivity index (χ2v) is 11.1. The molecule has 1 aliphatic heterocycles. The highest BCUT2D eigenvalue weighted by molar-refractivity contribution is 6.11. The van der Waals surface area contributed by atoms with Gasteiger partial charge in [-0.1, -0.05) is 91.0 Å². The summed E-state index contributed by atoms with van der Waals surface area (Å²) in [4.78, 5) is 42.8. The number of carbonyl (C=O) groups is 3. The predicted octanol–water partition coefficient (Wildman–Crippen LogP) is 4.59. The molecule has 7 nitrogen and oxygen atoms in total. The van der Waals surface area contributed by atoms with Crippen LogP contribution in [0.5, 0.6) is 5.75 Å². The molecule has 1 heterocycles. The van der Waals surface area contributed by atoms with Gasteiger partial charge in [-0.3, -0.25) is 19.3 Å². The predicted molar refractivity (Wildman–Crippen MR) is 158 cm³/mol. The Morgan fingerprint density at radius 1 is 0.833 bits per heavy atom. The maximum atomic E-state index is 14.3. The number of likely N-dealkylation sites (tertiary alicyclic amines) is 1. The quantitative estimate of drug-likeness (QED) is 0.205. The van der Waals surface area contributed by atoms with E-state index in [2.05, 4.69) is 22.7 Å². The zero-order valence-electron chi connectivity index (χ0n) is 23.1. The molecule has 0 saturated carbocycles. The number of ether oxygens (including phenoxy) is 1. The Kier molecular flexibility index (Phi) is 6.23. The Labute approximate surface area is 243 Å². The molecule has 1 saturated heterocycles. The number of hydrogen-bond acceptors (Lipinski definition) is 5. The lowest BCUT2D eigenvalue weighted by Crippen LogP contribution is -2.54. The van der Waals surface area contributed by atoms with Gasteiger partial charge in [0, 0.05) is 12.1 Å². The highest BCUT2D eigenvalue weighted by Crippen LogP contribution is 2.63. The van der Waals surface area contributed by atoms with E-state index in [1.165, 1.54) is 4.90 Å². The number of benzene rings is 4. The fourth-order valence-electron chi connectivity index (χ4n) is 7.21. The molecule has 1 N–H and O–H groups in total. The fraction of sp³-hybridized carbons (Fsp3) is 0.200. The van der Waals surface area contributed by atoms with Crippen molar-refractivity contribution in [3.63, 3.8) is 0 Å². The summed E-state index contributed by atoms with van der Waals surface area (Å²) in [6.07, 6.45) is 1.83. The number of methoxy groups -OCH3 is 1. The second kappa shape index (κ2) is 10.1. The number of rotatable bonds is 7.